The summed E-state index contributed by atoms with van der Waals surface area (Å²) in [5.74, 6) is -0.204. The number of hydrogen-bond donors (Lipinski definition) is 3. The smallest absolute Gasteiger partial charge is 0.276 e. The van der Waals surface area contributed by atoms with Crippen molar-refractivity contribution in [3.63, 3.8) is 0 Å². The Balaban J connectivity index is 1.65. The van der Waals surface area contributed by atoms with E-state index in [0.717, 1.165) is 41.4 Å². The number of benzene rings is 1. The molecule has 0 bridgehead atoms. The number of pyridine rings is 1. The maximum atomic E-state index is 12.4. The summed E-state index contributed by atoms with van der Waals surface area (Å²) in [4.78, 5) is 26.9. The quantitative estimate of drug-likeness (QED) is 0.678. The number of aryl methyl sites for hydroxylation is 2. The lowest BCUT2D eigenvalue weighted by atomic mass is 10.1. The van der Waals surface area contributed by atoms with Gasteiger partial charge >= 0.3 is 0 Å². The number of aromatic amines is 2. The molecule has 1 aromatic carbocycles. The highest BCUT2D eigenvalue weighted by molar-refractivity contribution is 6.05. The predicted octanol–water partition coefficient (Wildman–Crippen LogP) is 2.30. The number of carbonyl (C=O) groups is 1. The summed E-state index contributed by atoms with van der Waals surface area (Å²) in [6, 6.07) is 7.23. The summed E-state index contributed by atoms with van der Waals surface area (Å²) >= 11 is 0. The number of carbonyl (C=O) groups excluding carboxylic acids is 1. The van der Waals surface area contributed by atoms with Gasteiger partial charge in [-0.3, -0.25) is 14.7 Å². The molecule has 0 unspecified atom stereocenters. The number of rotatable bonds is 2. The first-order valence-corrected chi connectivity index (χ1v) is 7.63. The molecule has 3 aromatic rings. The monoisotopic (exact) mass is 308 g/mol. The molecule has 0 saturated heterocycles. The molecule has 0 spiro atoms. The third kappa shape index (κ3) is 2.32. The molecule has 6 nitrogen and oxygen atoms in total. The normalized spacial score (nSPS) is 13.3. The van der Waals surface area contributed by atoms with Crippen molar-refractivity contribution in [3.8, 4) is 0 Å². The van der Waals surface area contributed by atoms with Gasteiger partial charge in [0.1, 0.15) is 0 Å². The first kappa shape index (κ1) is 13.8. The molecule has 0 fully saturated rings. The van der Waals surface area contributed by atoms with Gasteiger partial charge in [-0.05, 0) is 50.5 Å². The van der Waals surface area contributed by atoms with Crippen molar-refractivity contribution in [3.05, 3.63) is 57.1 Å². The maximum absolute atomic E-state index is 12.4. The molecule has 2 heterocycles. The van der Waals surface area contributed by atoms with E-state index in [0.29, 0.717) is 16.9 Å². The summed E-state index contributed by atoms with van der Waals surface area (Å²) in [7, 11) is 0. The highest BCUT2D eigenvalue weighted by atomic mass is 16.2. The predicted molar refractivity (Wildman–Crippen MR) is 87.9 cm³/mol. The largest absolute Gasteiger partial charge is 0.322 e. The molecule has 2 aromatic heterocycles. The van der Waals surface area contributed by atoms with Crippen LogP contribution in [0.15, 0.2) is 29.1 Å². The van der Waals surface area contributed by atoms with Gasteiger partial charge in [0, 0.05) is 33.4 Å². The number of nitrogens with one attached hydrogen (secondary N) is 3. The lowest BCUT2D eigenvalue weighted by molar-refractivity contribution is 0.102. The summed E-state index contributed by atoms with van der Waals surface area (Å²) in [5, 5.41) is 10.9. The second-order valence-corrected chi connectivity index (χ2v) is 5.92. The van der Waals surface area contributed by atoms with E-state index in [-0.39, 0.29) is 11.5 Å². The molecule has 4 rings (SSSR count). The molecule has 1 aliphatic rings. The van der Waals surface area contributed by atoms with E-state index in [1.165, 1.54) is 0 Å². The van der Waals surface area contributed by atoms with Crippen LogP contribution < -0.4 is 10.9 Å². The van der Waals surface area contributed by atoms with Gasteiger partial charge in [0.15, 0.2) is 5.69 Å². The van der Waals surface area contributed by atoms with Crippen molar-refractivity contribution in [2.45, 2.75) is 26.2 Å². The first-order chi connectivity index (χ1) is 11.1. The van der Waals surface area contributed by atoms with E-state index < -0.39 is 0 Å². The molecule has 0 atom stereocenters. The summed E-state index contributed by atoms with van der Waals surface area (Å²) in [6.45, 7) is 1.76. The fourth-order valence-electron chi connectivity index (χ4n) is 3.09. The standard InChI is InChI=1S/C17H16N4O2/c1-9-7-10-8-11(5-6-13(10)19-16(9)22)18-17(23)15-12-3-2-4-14(12)20-21-15/h5-8H,2-4H2,1H3,(H,18,23)(H,19,22)(H,20,21). The molecule has 0 radical (unpaired) electrons. The third-order valence-corrected chi connectivity index (χ3v) is 4.31. The van der Waals surface area contributed by atoms with E-state index in [2.05, 4.69) is 20.5 Å². The average molecular weight is 308 g/mol. The summed E-state index contributed by atoms with van der Waals surface area (Å²) in [6.07, 6.45) is 2.91. The number of amides is 1. The SMILES string of the molecule is Cc1cc2cc(NC(=O)c3n[nH]c4c3CCC4)ccc2[nH]c1=O. The van der Waals surface area contributed by atoms with Crippen molar-refractivity contribution >= 4 is 22.5 Å². The zero-order valence-corrected chi connectivity index (χ0v) is 12.7. The van der Waals surface area contributed by atoms with E-state index >= 15 is 0 Å². The molecular weight excluding hydrogens is 292 g/mol. The van der Waals surface area contributed by atoms with Crippen LogP contribution in [0.25, 0.3) is 10.9 Å². The first-order valence-electron chi connectivity index (χ1n) is 7.63. The van der Waals surface area contributed by atoms with Gasteiger partial charge in [-0.15, -0.1) is 0 Å². The number of H-pyrrole nitrogens is 2. The zero-order valence-electron chi connectivity index (χ0n) is 12.7. The van der Waals surface area contributed by atoms with E-state index in [1.807, 2.05) is 12.1 Å². The molecule has 0 saturated carbocycles. The van der Waals surface area contributed by atoms with Crippen LogP contribution in [0.4, 0.5) is 5.69 Å². The lowest BCUT2D eigenvalue weighted by Gasteiger charge is -2.06. The Labute approximate surface area is 131 Å². The van der Waals surface area contributed by atoms with Crippen LogP contribution in [-0.2, 0) is 12.8 Å². The second-order valence-electron chi connectivity index (χ2n) is 5.92. The van der Waals surface area contributed by atoms with Gasteiger partial charge in [-0.2, -0.15) is 5.10 Å². The molecule has 3 N–H and O–H groups in total. The van der Waals surface area contributed by atoms with Gasteiger partial charge in [-0.25, -0.2) is 0 Å². The van der Waals surface area contributed by atoms with Crippen LogP contribution in [0.2, 0.25) is 0 Å². The number of hydrogen-bond acceptors (Lipinski definition) is 3. The minimum atomic E-state index is -0.204. The van der Waals surface area contributed by atoms with E-state index in [9.17, 15) is 9.59 Å². The highest BCUT2D eigenvalue weighted by Crippen LogP contribution is 2.24. The van der Waals surface area contributed by atoms with Gasteiger partial charge < -0.3 is 10.3 Å². The van der Waals surface area contributed by atoms with Gasteiger partial charge in [-0.1, -0.05) is 0 Å². The molecule has 0 aliphatic heterocycles. The van der Waals surface area contributed by atoms with E-state index in [1.54, 1.807) is 19.1 Å². The Morgan fingerprint density at radius 3 is 3.00 bits per heavy atom. The van der Waals surface area contributed by atoms with Crippen LogP contribution in [0.1, 0.15) is 33.7 Å². The van der Waals surface area contributed by atoms with Crippen LogP contribution >= 0.6 is 0 Å². The molecule has 1 aliphatic carbocycles. The number of fused-ring (bicyclic) bond motifs is 2. The van der Waals surface area contributed by atoms with Crippen molar-refractivity contribution in [1.29, 1.82) is 0 Å². The van der Waals surface area contributed by atoms with Crippen LogP contribution in [0.5, 0.6) is 0 Å². The fraction of sp³-hybridized carbons (Fsp3) is 0.235. The number of nitrogens with zero attached hydrogens (tertiary/aromatic N) is 1. The Morgan fingerprint density at radius 2 is 2.13 bits per heavy atom. The highest BCUT2D eigenvalue weighted by Gasteiger charge is 2.23. The Morgan fingerprint density at radius 1 is 1.26 bits per heavy atom. The van der Waals surface area contributed by atoms with Crippen LogP contribution in [0, 0.1) is 6.92 Å². The minimum Gasteiger partial charge on any atom is -0.322 e. The van der Waals surface area contributed by atoms with Gasteiger partial charge in [0.25, 0.3) is 11.5 Å². The Hall–Kier alpha value is -2.89. The third-order valence-electron chi connectivity index (χ3n) is 4.31. The summed E-state index contributed by atoms with van der Waals surface area (Å²) < 4.78 is 0. The Kier molecular flexibility index (Phi) is 3.04. The molecule has 116 valence electrons. The maximum Gasteiger partial charge on any atom is 0.276 e. The van der Waals surface area contributed by atoms with Crippen molar-refractivity contribution in [2.75, 3.05) is 5.32 Å². The number of anilines is 1. The van der Waals surface area contributed by atoms with Crippen molar-refractivity contribution in [1.82, 2.24) is 15.2 Å². The van der Waals surface area contributed by atoms with Crippen molar-refractivity contribution < 1.29 is 4.79 Å². The lowest BCUT2D eigenvalue weighted by Crippen LogP contribution is -2.14. The fourth-order valence-corrected chi connectivity index (χ4v) is 3.09. The zero-order chi connectivity index (χ0) is 16.0. The molecule has 23 heavy (non-hydrogen) atoms. The van der Waals surface area contributed by atoms with Crippen molar-refractivity contribution in [2.24, 2.45) is 0 Å². The number of aromatic nitrogens is 3. The second kappa shape index (κ2) is 5.08. The van der Waals surface area contributed by atoms with Crippen LogP contribution in [0.3, 0.4) is 0 Å². The molecule has 1 amide bonds. The topological polar surface area (TPSA) is 90.6 Å². The average Bonchev–Trinajstić information content (AvgIpc) is 3.11. The molecule has 6 heteroatoms. The van der Waals surface area contributed by atoms with Gasteiger partial charge in [0.2, 0.25) is 0 Å². The molecular formula is C17H16N4O2. The Bertz CT molecular complexity index is 984. The minimum absolute atomic E-state index is 0.0960. The van der Waals surface area contributed by atoms with E-state index in [4.69, 9.17) is 0 Å². The van der Waals surface area contributed by atoms with Crippen LogP contribution in [-0.4, -0.2) is 21.1 Å². The van der Waals surface area contributed by atoms with Gasteiger partial charge in [0.05, 0.1) is 0 Å². The summed E-state index contributed by atoms with van der Waals surface area (Å²) in [5.41, 5.74) is 4.57.